The number of hydrogen-bond acceptors (Lipinski definition) is 5. The van der Waals surface area contributed by atoms with E-state index in [1.807, 2.05) is 0 Å². The quantitative estimate of drug-likeness (QED) is 0.827. The van der Waals surface area contributed by atoms with Crippen molar-refractivity contribution in [3.63, 3.8) is 0 Å². The number of nitrogens with one attached hydrogen (secondary N) is 1. The van der Waals surface area contributed by atoms with Crippen molar-refractivity contribution >= 4 is 5.91 Å². The summed E-state index contributed by atoms with van der Waals surface area (Å²) < 4.78 is 15.8. The van der Waals surface area contributed by atoms with Crippen LogP contribution in [0.4, 0.5) is 0 Å². The molecule has 21 heavy (non-hydrogen) atoms. The van der Waals surface area contributed by atoms with Gasteiger partial charge in [0.15, 0.2) is 11.5 Å². The van der Waals surface area contributed by atoms with Gasteiger partial charge in [-0.1, -0.05) is 0 Å². The summed E-state index contributed by atoms with van der Waals surface area (Å²) in [4.78, 5) is 12.5. The first-order valence-electron chi connectivity index (χ1n) is 6.92. The average Bonchev–Trinajstić information content (AvgIpc) is 2.48. The second-order valence-electron chi connectivity index (χ2n) is 5.17. The Morgan fingerprint density at radius 3 is 2.29 bits per heavy atom. The van der Waals surface area contributed by atoms with Crippen molar-refractivity contribution in [2.75, 3.05) is 27.9 Å². The molecule has 1 fully saturated rings. The topological polar surface area (TPSA) is 82.8 Å². The van der Waals surface area contributed by atoms with Crippen LogP contribution in [0.2, 0.25) is 0 Å². The summed E-state index contributed by atoms with van der Waals surface area (Å²) in [5.41, 5.74) is 5.91. The van der Waals surface area contributed by atoms with Gasteiger partial charge < -0.3 is 25.3 Å². The third-order valence-electron chi connectivity index (χ3n) is 4.03. The summed E-state index contributed by atoms with van der Waals surface area (Å²) in [7, 11) is 4.54. The van der Waals surface area contributed by atoms with E-state index in [9.17, 15) is 4.79 Å². The number of carbonyl (C=O) groups excluding carboxylic acids is 1. The SMILES string of the molecule is COc1ccc(C(=O)NC2(CN)CCC2)c(OC)c1OC. The largest absolute Gasteiger partial charge is 0.493 e. The average molecular weight is 294 g/mol. The lowest BCUT2D eigenvalue weighted by molar-refractivity contribution is 0.0833. The molecule has 1 aliphatic rings. The van der Waals surface area contributed by atoms with Gasteiger partial charge in [-0.05, 0) is 31.4 Å². The van der Waals surface area contributed by atoms with Crippen molar-refractivity contribution in [1.29, 1.82) is 0 Å². The number of nitrogens with two attached hydrogens (primary N) is 1. The number of hydrogen-bond donors (Lipinski definition) is 2. The van der Waals surface area contributed by atoms with Crippen molar-refractivity contribution in [1.82, 2.24) is 5.32 Å². The van der Waals surface area contributed by atoms with Crippen LogP contribution >= 0.6 is 0 Å². The molecule has 0 unspecified atom stereocenters. The van der Waals surface area contributed by atoms with Gasteiger partial charge in [-0.3, -0.25) is 4.79 Å². The lowest BCUT2D eigenvalue weighted by atomic mass is 9.76. The highest BCUT2D eigenvalue weighted by molar-refractivity contribution is 5.98. The third kappa shape index (κ3) is 2.76. The van der Waals surface area contributed by atoms with Gasteiger partial charge in [0, 0.05) is 6.54 Å². The van der Waals surface area contributed by atoms with Crippen LogP contribution in [0.15, 0.2) is 12.1 Å². The van der Waals surface area contributed by atoms with Crippen LogP contribution in [0, 0.1) is 0 Å². The Morgan fingerprint density at radius 2 is 1.86 bits per heavy atom. The van der Waals surface area contributed by atoms with Gasteiger partial charge in [-0.2, -0.15) is 0 Å². The van der Waals surface area contributed by atoms with Gasteiger partial charge >= 0.3 is 0 Å². The van der Waals surface area contributed by atoms with Crippen LogP contribution in [0.5, 0.6) is 17.2 Å². The minimum absolute atomic E-state index is 0.210. The smallest absolute Gasteiger partial charge is 0.255 e. The predicted molar refractivity (Wildman–Crippen MR) is 79.2 cm³/mol. The number of amides is 1. The van der Waals surface area contributed by atoms with Crippen molar-refractivity contribution in [3.8, 4) is 17.2 Å². The molecule has 1 aromatic carbocycles. The highest BCUT2D eigenvalue weighted by Crippen LogP contribution is 2.40. The standard InChI is InChI=1S/C15H22N2O4/c1-19-11-6-5-10(12(20-2)13(11)21-3)14(18)17-15(9-16)7-4-8-15/h5-6H,4,7-9,16H2,1-3H3,(H,17,18). The van der Waals surface area contributed by atoms with Crippen LogP contribution in [0.3, 0.4) is 0 Å². The van der Waals surface area contributed by atoms with Crippen molar-refractivity contribution in [2.45, 2.75) is 24.8 Å². The summed E-state index contributed by atoms with van der Waals surface area (Å²) in [6.45, 7) is 0.439. The lowest BCUT2D eigenvalue weighted by Gasteiger charge is -2.41. The first kappa shape index (κ1) is 15.4. The van der Waals surface area contributed by atoms with E-state index < -0.39 is 0 Å². The molecule has 1 aliphatic carbocycles. The van der Waals surface area contributed by atoms with Gasteiger partial charge in [0.2, 0.25) is 5.75 Å². The molecule has 0 aromatic heterocycles. The van der Waals surface area contributed by atoms with E-state index in [-0.39, 0.29) is 11.4 Å². The zero-order valence-corrected chi connectivity index (χ0v) is 12.7. The number of carbonyl (C=O) groups is 1. The molecule has 1 aromatic rings. The molecule has 6 heteroatoms. The normalized spacial score (nSPS) is 15.8. The predicted octanol–water partition coefficient (Wildman–Crippen LogP) is 1.32. The Labute approximate surface area is 124 Å². The van der Waals surface area contributed by atoms with Gasteiger partial charge in [0.05, 0.1) is 32.4 Å². The second-order valence-corrected chi connectivity index (χ2v) is 5.17. The van der Waals surface area contributed by atoms with E-state index in [2.05, 4.69) is 5.32 Å². The van der Waals surface area contributed by atoms with Crippen LogP contribution in [0.25, 0.3) is 0 Å². The molecule has 0 spiro atoms. The first-order chi connectivity index (χ1) is 10.1. The van der Waals surface area contributed by atoms with Gasteiger partial charge in [0.25, 0.3) is 5.91 Å². The van der Waals surface area contributed by atoms with E-state index in [4.69, 9.17) is 19.9 Å². The van der Waals surface area contributed by atoms with Crippen LogP contribution < -0.4 is 25.3 Å². The molecule has 0 radical (unpaired) electrons. The zero-order valence-electron chi connectivity index (χ0n) is 12.7. The molecular formula is C15H22N2O4. The third-order valence-corrected chi connectivity index (χ3v) is 4.03. The Bertz CT molecular complexity index is 521. The minimum Gasteiger partial charge on any atom is -0.493 e. The Balaban J connectivity index is 2.32. The molecule has 116 valence electrons. The number of methoxy groups -OCH3 is 3. The highest BCUT2D eigenvalue weighted by atomic mass is 16.5. The fourth-order valence-electron chi connectivity index (χ4n) is 2.57. The Morgan fingerprint density at radius 1 is 1.19 bits per heavy atom. The highest BCUT2D eigenvalue weighted by Gasteiger charge is 2.37. The lowest BCUT2D eigenvalue weighted by Crippen LogP contribution is -2.58. The Hall–Kier alpha value is -1.95. The summed E-state index contributed by atoms with van der Waals surface area (Å²) >= 11 is 0. The number of rotatable bonds is 6. The van der Waals surface area contributed by atoms with Crippen molar-refractivity contribution in [3.05, 3.63) is 17.7 Å². The molecule has 1 saturated carbocycles. The summed E-state index contributed by atoms with van der Waals surface area (Å²) in [6, 6.07) is 3.35. The van der Waals surface area contributed by atoms with E-state index in [1.54, 1.807) is 12.1 Å². The molecule has 0 bridgehead atoms. The zero-order chi connectivity index (χ0) is 15.5. The molecule has 0 heterocycles. The van der Waals surface area contributed by atoms with E-state index >= 15 is 0 Å². The maximum absolute atomic E-state index is 12.5. The van der Waals surface area contributed by atoms with E-state index in [0.717, 1.165) is 19.3 Å². The van der Waals surface area contributed by atoms with Crippen molar-refractivity contribution in [2.24, 2.45) is 5.73 Å². The number of ether oxygens (including phenoxy) is 3. The summed E-state index contributed by atoms with van der Waals surface area (Å²) in [6.07, 6.45) is 2.90. The molecule has 2 rings (SSSR count). The molecule has 6 nitrogen and oxygen atoms in total. The summed E-state index contributed by atoms with van der Waals surface area (Å²) in [5, 5.41) is 3.02. The van der Waals surface area contributed by atoms with Crippen LogP contribution in [0.1, 0.15) is 29.6 Å². The fraction of sp³-hybridized carbons (Fsp3) is 0.533. The van der Waals surface area contributed by atoms with E-state index in [1.165, 1.54) is 21.3 Å². The Kier molecular flexibility index (Phi) is 4.57. The minimum atomic E-state index is -0.282. The monoisotopic (exact) mass is 294 g/mol. The van der Waals surface area contributed by atoms with Crippen LogP contribution in [-0.2, 0) is 0 Å². The molecule has 1 amide bonds. The number of benzene rings is 1. The molecule has 3 N–H and O–H groups in total. The first-order valence-corrected chi connectivity index (χ1v) is 6.92. The van der Waals surface area contributed by atoms with Gasteiger partial charge in [-0.25, -0.2) is 0 Å². The molecular weight excluding hydrogens is 272 g/mol. The maximum Gasteiger partial charge on any atom is 0.255 e. The van der Waals surface area contributed by atoms with Gasteiger partial charge in [0.1, 0.15) is 0 Å². The van der Waals surface area contributed by atoms with Gasteiger partial charge in [-0.15, -0.1) is 0 Å². The van der Waals surface area contributed by atoms with Crippen LogP contribution in [-0.4, -0.2) is 39.3 Å². The molecule has 0 aliphatic heterocycles. The van der Waals surface area contributed by atoms with E-state index in [0.29, 0.717) is 29.4 Å². The maximum atomic E-state index is 12.5. The molecule has 0 atom stereocenters. The fourth-order valence-corrected chi connectivity index (χ4v) is 2.57. The van der Waals surface area contributed by atoms with Crippen molar-refractivity contribution < 1.29 is 19.0 Å². The summed E-state index contributed by atoms with van der Waals surface area (Å²) in [5.74, 6) is 1.07. The molecule has 0 saturated heterocycles. The second kappa shape index (κ2) is 6.22.